The van der Waals surface area contributed by atoms with Crippen molar-refractivity contribution in [1.29, 1.82) is 0 Å². The third kappa shape index (κ3) is 4.59. The SMILES string of the molecule is CSCC(CCO)NC(=O)c1ccc(F)c(Br)c1. The second-order valence-corrected chi connectivity index (χ2v) is 5.53. The third-order valence-electron chi connectivity index (χ3n) is 2.36. The second kappa shape index (κ2) is 7.76. The molecule has 0 aromatic heterocycles. The average Bonchev–Trinajstić information content (AvgIpc) is 2.33. The smallest absolute Gasteiger partial charge is 0.251 e. The Balaban J connectivity index is 2.70. The predicted molar refractivity (Wildman–Crippen MR) is 75.4 cm³/mol. The molecule has 100 valence electrons. The number of carbonyl (C=O) groups is 1. The van der Waals surface area contributed by atoms with Crippen molar-refractivity contribution in [2.45, 2.75) is 12.5 Å². The van der Waals surface area contributed by atoms with Crippen molar-refractivity contribution < 1.29 is 14.3 Å². The standard InChI is InChI=1S/C12H15BrFNO2S/c1-18-7-9(4-5-16)15-12(17)8-2-3-11(14)10(13)6-8/h2-3,6,9,16H,4-5,7H2,1H3,(H,15,17). The second-order valence-electron chi connectivity index (χ2n) is 3.77. The van der Waals surface area contributed by atoms with Crippen LogP contribution in [0.3, 0.4) is 0 Å². The third-order valence-corrected chi connectivity index (χ3v) is 3.71. The lowest BCUT2D eigenvalue weighted by Crippen LogP contribution is -2.37. The largest absolute Gasteiger partial charge is 0.396 e. The van der Waals surface area contributed by atoms with E-state index in [4.69, 9.17) is 5.11 Å². The Morgan fingerprint density at radius 3 is 2.89 bits per heavy atom. The van der Waals surface area contributed by atoms with Gasteiger partial charge in [-0.15, -0.1) is 0 Å². The molecule has 1 aromatic carbocycles. The molecule has 1 unspecified atom stereocenters. The van der Waals surface area contributed by atoms with Gasteiger partial charge in [0, 0.05) is 24.0 Å². The first-order chi connectivity index (χ1) is 8.58. The maximum Gasteiger partial charge on any atom is 0.251 e. The number of halogens is 2. The Morgan fingerprint density at radius 2 is 2.33 bits per heavy atom. The lowest BCUT2D eigenvalue weighted by Gasteiger charge is -2.16. The molecular formula is C12H15BrFNO2S. The van der Waals surface area contributed by atoms with Crippen LogP contribution < -0.4 is 5.32 Å². The Hall–Kier alpha value is -0.590. The van der Waals surface area contributed by atoms with E-state index in [-0.39, 0.29) is 23.0 Å². The number of aliphatic hydroxyl groups is 1. The van der Waals surface area contributed by atoms with Gasteiger partial charge >= 0.3 is 0 Å². The molecule has 0 aliphatic heterocycles. The molecule has 1 atom stereocenters. The minimum absolute atomic E-state index is 0.0264. The van der Waals surface area contributed by atoms with Crippen molar-refractivity contribution in [3.63, 3.8) is 0 Å². The summed E-state index contributed by atoms with van der Waals surface area (Å²) in [5.41, 5.74) is 0.396. The molecule has 0 fully saturated rings. The Labute approximate surface area is 118 Å². The summed E-state index contributed by atoms with van der Waals surface area (Å²) in [4.78, 5) is 11.9. The van der Waals surface area contributed by atoms with Gasteiger partial charge in [-0.25, -0.2) is 4.39 Å². The summed E-state index contributed by atoms with van der Waals surface area (Å²) < 4.78 is 13.3. The molecule has 1 amide bonds. The summed E-state index contributed by atoms with van der Waals surface area (Å²) in [6.45, 7) is 0.0264. The lowest BCUT2D eigenvalue weighted by molar-refractivity contribution is 0.0935. The fraction of sp³-hybridized carbons (Fsp3) is 0.417. The van der Waals surface area contributed by atoms with Crippen molar-refractivity contribution in [3.8, 4) is 0 Å². The molecule has 3 nitrogen and oxygen atoms in total. The molecule has 0 aliphatic carbocycles. The van der Waals surface area contributed by atoms with Gasteiger partial charge in [-0.1, -0.05) is 0 Å². The van der Waals surface area contributed by atoms with Crippen LogP contribution in [0.15, 0.2) is 22.7 Å². The van der Waals surface area contributed by atoms with E-state index >= 15 is 0 Å². The average molecular weight is 336 g/mol. The van der Waals surface area contributed by atoms with Crippen LogP contribution in [0, 0.1) is 5.82 Å². The van der Waals surface area contributed by atoms with Gasteiger partial charge in [0.15, 0.2) is 0 Å². The minimum atomic E-state index is -0.400. The van der Waals surface area contributed by atoms with Crippen molar-refractivity contribution in [2.24, 2.45) is 0 Å². The van der Waals surface area contributed by atoms with Gasteiger partial charge in [0.2, 0.25) is 0 Å². The molecule has 0 spiro atoms. The van der Waals surface area contributed by atoms with Crippen molar-refractivity contribution >= 4 is 33.6 Å². The highest BCUT2D eigenvalue weighted by Gasteiger charge is 2.14. The number of aliphatic hydroxyl groups excluding tert-OH is 1. The molecule has 0 saturated heterocycles. The van der Waals surface area contributed by atoms with Crippen LogP contribution >= 0.6 is 27.7 Å². The summed E-state index contributed by atoms with van der Waals surface area (Å²) in [5, 5.41) is 11.7. The first-order valence-corrected chi connectivity index (χ1v) is 7.63. The number of thioether (sulfide) groups is 1. The number of hydrogen-bond donors (Lipinski definition) is 2. The quantitative estimate of drug-likeness (QED) is 0.839. The highest BCUT2D eigenvalue weighted by Crippen LogP contribution is 2.17. The number of nitrogens with one attached hydrogen (secondary N) is 1. The molecule has 0 saturated carbocycles. The van der Waals surface area contributed by atoms with Gasteiger partial charge < -0.3 is 10.4 Å². The predicted octanol–water partition coefficient (Wildman–Crippen LogP) is 2.43. The topological polar surface area (TPSA) is 49.3 Å². The zero-order valence-electron chi connectivity index (χ0n) is 9.95. The van der Waals surface area contributed by atoms with Crippen LogP contribution in [0.5, 0.6) is 0 Å². The fourth-order valence-corrected chi connectivity index (χ4v) is 2.49. The summed E-state index contributed by atoms with van der Waals surface area (Å²) in [6.07, 6.45) is 2.44. The summed E-state index contributed by atoms with van der Waals surface area (Å²) in [5.74, 6) is 0.0695. The van der Waals surface area contributed by atoms with E-state index in [0.29, 0.717) is 12.0 Å². The number of rotatable bonds is 6. The van der Waals surface area contributed by atoms with Gasteiger partial charge in [-0.3, -0.25) is 4.79 Å². The molecule has 2 N–H and O–H groups in total. The van der Waals surface area contributed by atoms with E-state index in [1.807, 2.05) is 6.26 Å². The van der Waals surface area contributed by atoms with Crippen molar-refractivity contribution in [3.05, 3.63) is 34.1 Å². The number of carbonyl (C=O) groups excluding carboxylic acids is 1. The summed E-state index contributed by atoms with van der Waals surface area (Å²) in [7, 11) is 0. The lowest BCUT2D eigenvalue weighted by atomic mass is 10.2. The Bertz CT molecular complexity index is 411. The van der Waals surface area contributed by atoms with Gasteiger partial charge in [0.25, 0.3) is 5.91 Å². The molecule has 18 heavy (non-hydrogen) atoms. The molecule has 1 aromatic rings. The van der Waals surface area contributed by atoms with E-state index in [9.17, 15) is 9.18 Å². The van der Waals surface area contributed by atoms with E-state index < -0.39 is 5.82 Å². The molecule has 0 radical (unpaired) electrons. The molecular weight excluding hydrogens is 321 g/mol. The van der Waals surface area contributed by atoms with Crippen LogP contribution in [0.4, 0.5) is 4.39 Å². The van der Waals surface area contributed by atoms with Crippen molar-refractivity contribution in [1.82, 2.24) is 5.32 Å². The summed E-state index contributed by atoms with van der Waals surface area (Å²) in [6, 6.07) is 4.04. The zero-order valence-corrected chi connectivity index (χ0v) is 12.4. The molecule has 6 heteroatoms. The van der Waals surface area contributed by atoms with Gasteiger partial charge in [-0.05, 0) is 46.8 Å². The zero-order chi connectivity index (χ0) is 13.5. The fourth-order valence-electron chi connectivity index (χ4n) is 1.46. The van der Waals surface area contributed by atoms with Crippen LogP contribution in [-0.2, 0) is 0 Å². The maximum atomic E-state index is 13.1. The molecule has 0 aliphatic rings. The van der Waals surface area contributed by atoms with Crippen LogP contribution in [0.2, 0.25) is 0 Å². The van der Waals surface area contributed by atoms with E-state index in [2.05, 4.69) is 21.2 Å². The maximum absolute atomic E-state index is 13.1. The van der Waals surface area contributed by atoms with Gasteiger partial charge in [0.1, 0.15) is 5.82 Å². The first kappa shape index (κ1) is 15.5. The number of hydrogen-bond acceptors (Lipinski definition) is 3. The van der Waals surface area contributed by atoms with E-state index in [1.54, 1.807) is 11.8 Å². The highest BCUT2D eigenvalue weighted by atomic mass is 79.9. The Morgan fingerprint density at radius 1 is 1.61 bits per heavy atom. The Kier molecular flexibility index (Phi) is 6.67. The monoisotopic (exact) mass is 335 g/mol. The minimum Gasteiger partial charge on any atom is -0.396 e. The molecule has 1 rings (SSSR count). The van der Waals surface area contributed by atoms with Gasteiger partial charge in [-0.2, -0.15) is 11.8 Å². The van der Waals surface area contributed by atoms with Crippen molar-refractivity contribution in [2.75, 3.05) is 18.6 Å². The highest BCUT2D eigenvalue weighted by molar-refractivity contribution is 9.10. The number of amides is 1. The normalized spacial score (nSPS) is 12.2. The van der Waals surface area contributed by atoms with Crippen LogP contribution in [0.1, 0.15) is 16.8 Å². The van der Waals surface area contributed by atoms with Crippen LogP contribution in [-0.4, -0.2) is 35.7 Å². The summed E-state index contributed by atoms with van der Waals surface area (Å²) >= 11 is 4.64. The first-order valence-electron chi connectivity index (χ1n) is 5.44. The van der Waals surface area contributed by atoms with E-state index in [0.717, 1.165) is 5.75 Å². The molecule has 0 heterocycles. The van der Waals surface area contributed by atoms with Crippen LogP contribution in [0.25, 0.3) is 0 Å². The van der Waals surface area contributed by atoms with E-state index in [1.165, 1.54) is 18.2 Å². The van der Waals surface area contributed by atoms with Gasteiger partial charge in [0.05, 0.1) is 4.47 Å². The number of benzene rings is 1. The molecule has 0 bridgehead atoms.